The third kappa shape index (κ3) is 5.79. The number of nitrogens with zero attached hydrogens (tertiary/aromatic N) is 2. The van der Waals surface area contributed by atoms with Crippen molar-refractivity contribution in [2.75, 3.05) is 37.9 Å². The van der Waals surface area contributed by atoms with Crippen molar-refractivity contribution in [2.45, 2.75) is 39.5 Å². The Morgan fingerprint density at radius 1 is 1.23 bits per heavy atom. The highest BCUT2D eigenvalue weighted by molar-refractivity contribution is 7.09. The number of anilines is 1. The van der Waals surface area contributed by atoms with Crippen LogP contribution in [-0.2, 0) is 25.5 Å². The lowest BCUT2D eigenvalue weighted by molar-refractivity contribution is -0.144. The van der Waals surface area contributed by atoms with E-state index in [9.17, 15) is 9.59 Å². The van der Waals surface area contributed by atoms with Crippen molar-refractivity contribution in [3.63, 3.8) is 0 Å². The Morgan fingerprint density at radius 2 is 2.10 bits per heavy atom. The lowest BCUT2D eigenvalue weighted by Crippen LogP contribution is -2.42. The van der Waals surface area contributed by atoms with Gasteiger partial charge in [-0.3, -0.25) is 14.5 Å². The quantitative estimate of drug-likeness (QED) is 0.396. The van der Waals surface area contributed by atoms with E-state index in [0.717, 1.165) is 41.9 Å². The lowest BCUT2D eigenvalue weighted by atomic mass is 10.1. The van der Waals surface area contributed by atoms with Crippen LogP contribution in [0, 0.1) is 0 Å². The number of hydrogen-bond donors (Lipinski definition) is 0. The normalized spacial score (nSPS) is 13.1. The molecule has 0 aliphatic carbocycles. The van der Waals surface area contributed by atoms with Gasteiger partial charge in [0.05, 0.1) is 23.0 Å². The van der Waals surface area contributed by atoms with E-state index >= 15 is 0 Å². The molecule has 0 bridgehead atoms. The number of ether oxygens (including phenoxy) is 3. The molecule has 1 aliphatic rings. The minimum atomic E-state index is -0.473. The molecule has 0 fully saturated rings. The standard InChI is InChI=1S/C22H28N2O5S/c1-3-5-9-27-10-11-28-22(26)13-24-18-12-16(7-8-19(18)29-14-21(24)25)17-15-30-20(23-17)6-4-2/h7-8,12,15H,3-6,9-11,13-14H2,1-2H3. The van der Waals surface area contributed by atoms with Gasteiger partial charge in [0.1, 0.15) is 18.9 Å². The fourth-order valence-corrected chi connectivity index (χ4v) is 3.95. The van der Waals surface area contributed by atoms with Gasteiger partial charge in [0.2, 0.25) is 0 Å². The van der Waals surface area contributed by atoms with E-state index in [1.165, 1.54) is 4.90 Å². The van der Waals surface area contributed by atoms with Gasteiger partial charge in [0.15, 0.2) is 6.61 Å². The van der Waals surface area contributed by atoms with Gasteiger partial charge in [0.25, 0.3) is 5.91 Å². The van der Waals surface area contributed by atoms with Crippen LogP contribution in [0.2, 0.25) is 0 Å². The summed E-state index contributed by atoms with van der Waals surface area (Å²) in [5, 5.41) is 3.09. The number of thiazole rings is 1. The average Bonchev–Trinajstić information content (AvgIpc) is 3.21. The van der Waals surface area contributed by atoms with Gasteiger partial charge >= 0.3 is 5.97 Å². The molecule has 0 spiro atoms. The predicted molar refractivity (Wildman–Crippen MR) is 116 cm³/mol. The van der Waals surface area contributed by atoms with Crippen molar-refractivity contribution in [1.82, 2.24) is 4.98 Å². The first-order valence-electron chi connectivity index (χ1n) is 10.4. The molecule has 3 rings (SSSR count). The minimum absolute atomic E-state index is 0.100. The Balaban J connectivity index is 1.66. The molecular weight excluding hydrogens is 404 g/mol. The van der Waals surface area contributed by atoms with Gasteiger partial charge in [-0.25, -0.2) is 4.98 Å². The first kappa shape index (κ1) is 22.2. The number of aromatic nitrogens is 1. The van der Waals surface area contributed by atoms with Crippen molar-refractivity contribution in [3.8, 4) is 17.0 Å². The number of benzene rings is 1. The third-order valence-electron chi connectivity index (χ3n) is 4.63. The molecule has 1 amide bonds. The maximum absolute atomic E-state index is 12.4. The summed E-state index contributed by atoms with van der Waals surface area (Å²) in [5.74, 6) is -0.182. The largest absolute Gasteiger partial charge is 0.482 e. The molecule has 1 aromatic heterocycles. The second kappa shape index (κ2) is 11.1. The van der Waals surface area contributed by atoms with Crippen LogP contribution < -0.4 is 9.64 Å². The second-order valence-corrected chi connectivity index (χ2v) is 7.96. The van der Waals surface area contributed by atoms with Crippen LogP contribution in [0.5, 0.6) is 5.75 Å². The van der Waals surface area contributed by atoms with Crippen LogP contribution in [-0.4, -0.2) is 49.8 Å². The van der Waals surface area contributed by atoms with E-state index in [-0.39, 0.29) is 25.7 Å². The maximum atomic E-state index is 12.4. The van der Waals surface area contributed by atoms with Crippen molar-refractivity contribution in [3.05, 3.63) is 28.6 Å². The number of hydrogen-bond acceptors (Lipinski definition) is 7. The number of unbranched alkanes of at least 4 members (excludes halogenated alkanes) is 1. The number of carbonyl (C=O) groups excluding carboxylic acids is 2. The Bertz CT molecular complexity index is 867. The summed E-state index contributed by atoms with van der Waals surface area (Å²) in [7, 11) is 0. The Kier molecular flexibility index (Phi) is 8.21. The summed E-state index contributed by atoms with van der Waals surface area (Å²) in [4.78, 5) is 30.8. The third-order valence-corrected chi connectivity index (χ3v) is 5.54. The molecule has 0 N–H and O–H groups in total. The molecule has 0 saturated carbocycles. The maximum Gasteiger partial charge on any atom is 0.326 e. The van der Waals surface area contributed by atoms with Crippen LogP contribution in [0.4, 0.5) is 5.69 Å². The number of amides is 1. The van der Waals surface area contributed by atoms with Gasteiger partial charge in [-0.15, -0.1) is 11.3 Å². The zero-order valence-electron chi connectivity index (χ0n) is 17.5. The fraction of sp³-hybridized carbons (Fsp3) is 0.500. The molecule has 0 radical (unpaired) electrons. The number of fused-ring (bicyclic) bond motifs is 1. The highest BCUT2D eigenvalue weighted by Gasteiger charge is 2.28. The monoisotopic (exact) mass is 432 g/mol. The molecule has 1 aliphatic heterocycles. The van der Waals surface area contributed by atoms with Crippen LogP contribution in [0.3, 0.4) is 0 Å². The molecule has 8 heteroatoms. The van der Waals surface area contributed by atoms with E-state index in [1.54, 1.807) is 11.3 Å². The van der Waals surface area contributed by atoms with Gasteiger partial charge < -0.3 is 14.2 Å². The zero-order valence-corrected chi connectivity index (χ0v) is 18.3. The van der Waals surface area contributed by atoms with Crippen LogP contribution >= 0.6 is 11.3 Å². The molecule has 162 valence electrons. The van der Waals surface area contributed by atoms with Crippen molar-refractivity contribution in [2.24, 2.45) is 0 Å². The Hall–Kier alpha value is -2.45. The average molecular weight is 433 g/mol. The van der Waals surface area contributed by atoms with Crippen LogP contribution in [0.25, 0.3) is 11.3 Å². The molecule has 7 nitrogen and oxygen atoms in total. The molecule has 0 unspecified atom stereocenters. The van der Waals surface area contributed by atoms with E-state index in [4.69, 9.17) is 14.2 Å². The number of esters is 1. The van der Waals surface area contributed by atoms with Gasteiger partial charge in [0, 0.05) is 17.6 Å². The van der Waals surface area contributed by atoms with Crippen molar-refractivity contribution < 1.29 is 23.8 Å². The number of carbonyl (C=O) groups is 2. The van der Waals surface area contributed by atoms with Gasteiger partial charge in [-0.05, 0) is 37.5 Å². The van der Waals surface area contributed by atoms with E-state index < -0.39 is 5.97 Å². The fourth-order valence-electron chi connectivity index (χ4n) is 3.04. The van der Waals surface area contributed by atoms with Crippen molar-refractivity contribution in [1.29, 1.82) is 0 Å². The number of rotatable bonds is 11. The minimum Gasteiger partial charge on any atom is -0.482 e. The molecule has 0 atom stereocenters. The predicted octanol–water partition coefficient (Wildman–Crippen LogP) is 3.85. The smallest absolute Gasteiger partial charge is 0.326 e. The Labute approximate surface area is 181 Å². The molecule has 0 saturated heterocycles. The SMILES string of the molecule is CCCCOCCOC(=O)CN1C(=O)COc2ccc(-c3csc(CCC)n3)cc21. The summed E-state index contributed by atoms with van der Waals surface area (Å²) in [6.07, 6.45) is 4.02. The highest BCUT2D eigenvalue weighted by Crippen LogP contribution is 2.36. The second-order valence-electron chi connectivity index (χ2n) is 7.01. The summed E-state index contributed by atoms with van der Waals surface area (Å²) < 4.78 is 16.2. The van der Waals surface area contributed by atoms with Crippen molar-refractivity contribution >= 4 is 28.9 Å². The summed E-state index contributed by atoms with van der Waals surface area (Å²) in [6.45, 7) is 5.13. The summed E-state index contributed by atoms with van der Waals surface area (Å²) in [5.41, 5.74) is 2.30. The first-order valence-corrected chi connectivity index (χ1v) is 11.3. The molecule has 2 aromatic rings. The molecule has 1 aromatic carbocycles. The van der Waals surface area contributed by atoms with E-state index in [0.29, 0.717) is 24.7 Å². The van der Waals surface area contributed by atoms with Gasteiger partial charge in [-0.2, -0.15) is 0 Å². The highest BCUT2D eigenvalue weighted by atomic mass is 32.1. The van der Waals surface area contributed by atoms with E-state index in [2.05, 4.69) is 18.8 Å². The molecular formula is C22H28N2O5S. The van der Waals surface area contributed by atoms with E-state index in [1.807, 2.05) is 23.6 Å². The summed E-state index contributed by atoms with van der Waals surface area (Å²) in [6, 6.07) is 5.58. The van der Waals surface area contributed by atoms with Crippen LogP contribution in [0.15, 0.2) is 23.6 Å². The number of aryl methyl sites for hydroxylation is 1. The molecule has 2 heterocycles. The lowest BCUT2D eigenvalue weighted by Gasteiger charge is -2.29. The van der Waals surface area contributed by atoms with Crippen LogP contribution in [0.1, 0.15) is 38.1 Å². The molecule has 30 heavy (non-hydrogen) atoms. The first-order chi connectivity index (χ1) is 14.6. The van der Waals surface area contributed by atoms with Gasteiger partial charge in [-0.1, -0.05) is 20.3 Å². The zero-order chi connectivity index (χ0) is 21.3. The Morgan fingerprint density at radius 3 is 2.90 bits per heavy atom. The summed E-state index contributed by atoms with van der Waals surface area (Å²) >= 11 is 1.63. The topological polar surface area (TPSA) is 78.0 Å².